The lowest BCUT2D eigenvalue weighted by molar-refractivity contribution is -0.161. The van der Waals surface area contributed by atoms with Gasteiger partial charge in [0.15, 0.2) is 6.10 Å². The van der Waals surface area contributed by atoms with Gasteiger partial charge in [0, 0.05) is 19.3 Å². The second kappa shape index (κ2) is 61.0. The molecule has 4 N–H and O–H groups in total. The molecule has 0 radical (unpaired) electrons. The molecular formula is C67H118O16P2. The van der Waals surface area contributed by atoms with Crippen LogP contribution >= 0.6 is 15.6 Å². The highest BCUT2D eigenvalue weighted by atomic mass is 31.2. The summed E-state index contributed by atoms with van der Waals surface area (Å²) in [6.45, 7) is 2.44. The van der Waals surface area contributed by atoms with Crippen LogP contribution in [-0.2, 0) is 55.8 Å². The maximum atomic E-state index is 12.8. The van der Waals surface area contributed by atoms with Gasteiger partial charge in [-0.15, -0.1) is 0 Å². The third kappa shape index (κ3) is 62.1. The average Bonchev–Trinajstić information content (AvgIpc) is 3.55. The molecule has 5 atom stereocenters. The Bertz CT molecular complexity index is 1900. The zero-order valence-electron chi connectivity index (χ0n) is 53.0. The lowest BCUT2D eigenvalue weighted by atomic mass is 10.0. The van der Waals surface area contributed by atoms with Crippen molar-refractivity contribution in [1.82, 2.24) is 0 Å². The van der Waals surface area contributed by atoms with Crippen molar-refractivity contribution < 1.29 is 75.8 Å². The highest BCUT2D eigenvalue weighted by Crippen LogP contribution is 2.45. The molecule has 16 nitrogen and oxygen atoms in total. The summed E-state index contributed by atoms with van der Waals surface area (Å²) in [4.78, 5) is 58.1. The molecule has 492 valence electrons. The first-order valence-electron chi connectivity index (χ1n) is 32.9. The molecule has 0 rings (SSSR count). The Morgan fingerprint density at radius 1 is 0.341 bits per heavy atom. The van der Waals surface area contributed by atoms with Crippen molar-refractivity contribution in [2.75, 3.05) is 39.6 Å². The van der Waals surface area contributed by atoms with Crippen LogP contribution in [0.1, 0.15) is 265 Å². The number of carbonyl (C=O) groups is 3. The van der Waals surface area contributed by atoms with Gasteiger partial charge in [0.25, 0.3) is 0 Å². The molecular weight excluding hydrogens is 1120 g/mol. The molecule has 0 aromatic rings. The van der Waals surface area contributed by atoms with E-state index in [0.717, 1.165) is 135 Å². The van der Waals surface area contributed by atoms with Gasteiger partial charge >= 0.3 is 33.6 Å². The van der Waals surface area contributed by atoms with Crippen molar-refractivity contribution in [3.8, 4) is 0 Å². The number of ether oxygens (including phenoxy) is 3. The predicted octanol–water partition coefficient (Wildman–Crippen LogP) is 17.8. The summed E-state index contributed by atoms with van der Waals surface area (Å²) in [6.07, 6.45) is 63.8. The van der Waals surface area contributed by atoms with Gasteiger partial charge in [0.05, 0.1) is 26.4 Å². The zero-order chi connectivity index (χ0) is 62.4. The Kier molecular flexibility index (Phi) is 58.6. The minimum Gasteiger partial charge on any atom is -0.463 e. The maximum absolute atomic E-state index is 12.8. The molecule has 0 fully saturated rings. The number of phosphoric ester groups is 2. The lowest BCUT2D eigenvalue weighted by Crippen LogP contribution is -2.30. The third-order valence-electron chi connectivity index (χ3n) is 13.6. The fraction of sp³-hybridized carbons (Fsp3) is 0.746. The number of aliphatic hydroxyl groups is 2. The summed E-state index contributed by atoms with van der Waals surface area (Å²) < 4.78 is 60.6. The summed E-state index contributed by atoms with van der Waals surface area (Å²) in [5.74, 6) is -1.60. The monoisotopic (exact) mass is 1240 g/mol. The number of rotatable bonds is 62. The predicted molar refractivity (Wildman–Crippen MR) is 344 cm³/mol. The molecule has 0 aromatic carbocycles. The summed E-state index contributed by atoms with van der Waals surface area (Å²) in [5, 5.41) is 20.5. The molecule has 0 amide bonds. The van der Waals surface area contributed by atoms with Crippen molar-refractivity contribution in [2.45, 2.75) is 283 Å². The highest BCUT2D eigenvalue weighted by molar-refractivity contribution is 7.47. The third-order valence-corrected chi connectivity index (χ3v) is 15.5. The van der Waals surface area contributed by atoms with Gasteiger partial charge in [-0.2, -0.15) is 0 Å². The van der Waals surface area contributed by atoms with Crippen LogP contribution in [0.5, 0.6) is 0 Å². The first-order chi connectivity index (χ1) is 41.2. The number of phosphoric acid groups is 2. The van der Waals surface area contributed by atoms with Gasteiger partial charge in [-0.25, -0.2) is 9.13 Å². The Morgan fingerprint density at radius 3 is 1.00 bits per heavy atom. The van der Waals surface area contributed by atoms with Crippen LogP contribution in [-0.4, -0.2) is 95.9 Å². The molecule has 18 heteroatoms. The van der Waals surface area contributed by atoms with Crippen LogP contribution in [0.15, 0.2) is 85.1 Å². The number of hydrogen-bond acceptors (Lipinski definition) is 14. The molecule has 0 saturated carbocycles. The van der Waals surface area contributed by atoms with Gasteiger partial charge < -0.3 is 34.2 Å². The minimum atomic E-state index is -4.91. The molecule has 0 aliphatic carbocycles. The number of unbranched alkanes of at least 4 members (excludes halogenated alkanes) is 25. The fourth-order valence-corrected chi connectivity index (χ4v) is 10.1. The SMILES string of the molecule is CC/C=C\C/C=C\C/C=C\C/C=C\C/C=C\CCCCCCCCCCCCCC(=O)OCC(O)COP(=O)(O)OCC(O)COP(=O)(O)OCC(COC(=O)CCCCCCC/C=C\CCCC)OC(=O)CCCCCCC/C=C\CCCC. The molecule has 5 unspecified atom stereocenters. The van der Waals surface area contributed by atoms with E-state index in [1.807, 2.05) is 0 Å². The summed E-state index contributed by atoms with van der Waals surface area (Å²) in [5.41, 5.74) is 0. The average molecular weight is 1240 g/mol. The van der Waals surface area contributed by atoms with Crippen molar-refractivity contribution in [2.24, 2.45) is 0 Å². The van der Waals surface area contributed by atoms with Crippen LogP contribution in [0.2, 0.25) is 0 Å². The highest BCUT2D eigenvalue weighted by Gasteiger charge is 2.29. The molecule has 0 saturated heterocycles. The summed E-state index contributed by atoms with van der Waals surface area (Å²) >= 11 is 0. The van der Waals surface area contributed by atoms with Crippen molar-refractivity contribution in [1.29, 1.82) is 0 Å². The van der Waals surface area contributed by atoms with E-state index >= 15 is 0 Å². The van der Waals surface area contributed by atoms with Gasteiger partial charge in [-0.1, -0.05) is 228 Å². The normalized spacial score (nSPS) is 14.9. The van der Waals surface area contributed by atoms with E-state index in [-0.39, 0.29) is 19.3 Å². The number of hydrogen-bond donors (Lipinski definition) is 4. The Labute approximate surface area is 515 Å². The summed E-state index contributed by atoms with van der Waals surface area (Å²) in [6, 6.07) is 0. The van der Waals surface area contributed by atoms with Crippen LogP contribution < -0.4 is 0 Å². The van der Waals surface area contributed by atoms with E-state index in [2.05, 4.69) is 106 Å². The second-order valence-electron chi connectivity index (χ2n) is 21.9. The van der Waals surface area contributed by atoms with Crippen LogP contribution in [0.4, 0.5) is 0 Å². The van der Waals surface area contributed by atoms with E-state index in [4.69, 9.17) is 32.3 Å². The van der Waals surface area contributed by atoms with Crippen molar-refractivity contribution in [3.05, 3.63) is 85.1 Å². The quantitative estimate of drug-likeness (QED) is 0.0146. The van der Waals surface area contributed by atoms with E-state index < -0.39 is 91.5 Å². The van der Waals surface area contributed by atoms with E-state index in [9.17, 15) is 43.5 Å². The number of esters is 3. The van der Waals surface area contributed by atoms with Gasteiger partial charge in [-0.3, -0.25) is 32.5 Å². The molecule has 0 bridgehead atoms. The van der Waals surface area contributed by atoms with E-state index in [1.165, 1.54) is 70.6 Å². The maximum Gasteiger partial charge on any atom is 0.472 e. The van der Waals surface area contributed by atoms with Crippen molar-refractivity contribution >= 4 is 33.6 Å². The lowest BCUT2D eigenvalue weighted by Gasteiger charge is -2.21. The largest absolute Gasteiger partial charge is 0.472 e. The topological polar surface area (TPSA) is 231 Å². The molecule has 0 aromatic heterocycles. The Balaban J connectivity index is 4.40. The van der Waals surface area contributed by atoms with Gasteiger partial charge in [-0.05, 0) is 103 Å². The Hall–Kier alpha value is -3.27. The van der Waals surface area contributed by atoms with Crippen LogP contribution in [0.3, 0.4) is 0 Å². The van der Waals surface area contributed by atoms with Crippen molar-refractivity contribution in [3.63, 3.8) is 0 Å². The van der Waals surface area contributed by atoms with Gasteiger partial charge in [0.2, 0.25) is 0 Å². The van der Waals surface area contributed by atoms with E-state index in [1.54, 1.807) is 0 Å². The molecule has 0 aliphatic heterocycles. The zero-order valence-corrected chi connectivity index (χ0v) is 54.8. The Morgan fingerprint density at radius 2 is 0.624 bits per heavy atom. The molecule has 0 heterocycles. The smallest absolute Gasteiger partial charge is 0.463 e. The standard InChI is InChI=1S/C67H118O16P2/c1-4-7-10-13-16-19-22-23-24-25-26-27-28-29-30-31-32-33-34-35-36-37-40-42-44-47-50-53-65(70)77-56-62(68)57-79-84(73,74)80-58-63(69)59-81-85(75,76)82-61-64(83-67(72)55-52-49-46-43-39-21-18-15-12-9-6-3)60-78-66(71)54-51-48-45-41-38-20-17-14-11-8-5-2/h7,10,14-19,23-24,26-27,29-30,62-64,68-69H,4-6,8-9,11-13,20-22,25,28,31-61H2,1-3H3,(H,73,74)(H,75,76)/b10-7-,17-14-,18-15-,19-16-,24-23-,27-26-,30-29-. The fourth-order valence-electron chi connectivity index (χ4n) is 8.50. The number of allylic oxidation sites excluding steroid dienone is 14. The number of aliphatic hydroxyl groups excluding tert-OH is 2. The van der Waals surface area contributed by atoms with Gasteiger partial charge in [0.1, 0.15) is 25.4 Å². The first kappa shape index (κ1) is 81.7. The van der Waals surface area contributed by atoms with Crippen LogP contribution in [0, 0.1) is 0 Å². The molecule has 85 heavy (non-hydrogen) atoms. The number of carbonyl (C=O) groups excluding carboxylic acids is 3. The molecule has 0 aliphatic rings. The van der Waals surface area contributed by atoms with Crippen LogP contribution in [0.25, 0.3) is 0 Å². The minimum absolute atomic E-state index is 0.0939. The summed E-state index contributed by atoms with van der Waals surface area (Å²) in [7, 11) is -9.76. The first-order valence-corrected chi connectivity index (χ1v) is 35.9. The second-order valence-corrected chi connectivity index (χ2v) is 24.8. The molecule has 0 spiro atoms. The van der Waals surface area contributed by atoms with E-state index in [0.29, 0.717) is 19.3 Å².